The fraction of sp³-hybridized carbons (Fsp3) is 0.429. The molecule has 0 spiro atoms. The van der Waals surface area contributed by atoms with Crippen LogP contribution in [0, 0.1) is 6.92 Å². The number of hydrogen-bond donors (Lipinski definition) is 1. The summed E-state index contributed by atoms with van der Waals surface area (Å²) >= 11 is 0. The van der Waals surface area contributed by atoms with Crippen molar-refractivity contribution in [1.29, 1.82) is 0 Å². The first-order valence-corrected chi connectivity index (χ1v) is 6.35. The van der Waals surface area contributed by atoms with Crippen LogP contribution in [0.5, 0.6) is 0 Å². The van der Waals surface area contributed by atoms with Gasteiger partial charge in [0.05, 0.1) is 0 Å². The minimum absolute atomic E-state index is 0.163. The van der Waals surface area contributed by atoms with Crippen LogP contribution in [0.2, 0.25) is 0 Å². The molecule has 96 valence electrons. The van der Waals surface area contributed by atoms with Crippen molar-refractivity contribution in [1.82, 2.24) is 14.5 Å². The Kier molecular flexibility index (Phi) is 3.77. The Morgan fingerprint density at radius 1 is 1.39 bits per heavy atom. The molecule has 0 amide bonds. The van der Waals surface area contributed by atoms with Crippen molar-refractivity contribution in [3.8, 4) is 5.82 Å². The van der Waals surface area contributed by atoms with E-state index in [9.17, 15) is 0 Å². The zero-order chi connectivity index (χ0) is 13.1. The first-order valence-electron chi connectivity index (χ1n) is 6.35. The third kappa shape index (κ3) is 2.59. The molecule has 4 nitrogen and oxygen atoms in total. The highest BCUT2D eigenvalue weighted by Crippen LogP contribution is 2.15. The van der Waals surface area contributed by atoms with Gasteiger partial charge in [-0.15, -0.1) is 0 Å². The second-order valence-corrected chi connectivity index (χ2v) is 4.73. The first-order chi connectivity index (χ1) is 8.61. The van der Waals surface area contributed by atoms with Crippen LogP contribution in [0.25, 0.3) is 5.82 Å². The largest absolute Gasteiger partial charge is 0.328 e. The minimum atomic E-state index is 0.163. The molecule has 2 aromatic rings. The number of hydrogen-bond acceptors (Lipinski definition) is 3. The molecule has 2 N–H and O–H groups in total. The van der Waals surface area contributed by atoms with E-state index in [4.69, 9.17) is 5.73 Å². The number of nitrogens with two attached hydrogens (primary N) is 1. The van der Waals surface area contributed by atoms with Gasteiger partial charge in [0.25, 0.3) is 0 Å². The van der Waals surface area contributed by atoms with E-state index in [0.29, 0.717) is 0 Å². The van der Waals surface area contributed by atoms with Gasteiger partial charge in [-0.1, -0.05) is 13.0 Å². The second kappa shape index (κ2) is 5.31. The Hall–Kier alpha value is -1.68. The summed E-state index contributed by atoms with van der Waals surface area (Å²) in [6.07, 6.45) is 7.44. The molecule has 0 radical (unpaired) electrons. The standard InChI is InChI=1S/C14H20N4/c1-4-13-16-5-6-18(13)14-10(2)7-12(9-17-14)8-11(3)15/h5-7,9,11H,4,8,15H2,1-3H3. The average molecular weight is 244 g/mol. The molecule has 2 aromatic heterocycles. The van der Waals surface area contributed by atoms with Crippen molar-refractivity contribution < 1.29 is 0 Å². The van der Waals surface area contributed by atoms with Gasteiger partial charge >= 0.3 is 0 Å². The van der Waals surface area contributed by atoms with Crippen LogP contribution in [0.1, 0.15) is 30.8 Å². The smallest absolute Gasteiger partial charge is 0.140 e. The maximum Gasteiger partial charge on any atom is 0.140 e. The molecule has 0 aliphatic heterocycles. The number of aromatic nitrogens is 3. The third-order valence-corrected chi connectivity index (χ3v) is 2.93. The fourth-order valence-electron chi connectivity index (χ4n) is 2.15. The molecule has 2 heterocycles. The van der Waals surface area contributed by atoms with Gasteiger partial charge in [-0.3, -0.25) is 4.57 Å². The van der Waals surface area contributed by atoms with E-state index < -0.39 is 0 Å². The van der Waals surface area contributed by atoms with Crippen LogP contribution in [0.3, 0.4) is 0 Å². The van der Waals surface area contributed by atoms with Crippen molar-refractivity contribution >= 4 is 0 Å². The first kappa shape index (κ1) is 12.8. The van der Waals surface area contributed by atoms with E-state index >= 15 is 0 Å². The predicted octanol–water partition coefficient (Wildman–Crippen LogP) is 2.03. The van der Waals surface area contributed by atoms with E-state index in [0.717, 1.165) is 30.0 Å². The third-order valence-electron chi connectivity index (χ3n) is 2.93. The molecule has 0 aromatic carbocycles. The van der Waals surface area contributed by atoms with Crippen LogP contribution in [-0.2, 0) is 12.8 Å². The maximum absolute atomic E-state index is 5.81. The summed E-state index contributed by atoms with van der Waals surface area (Å²) in [6, 6.07) is 2.32. The molecule has 2 rings (SSSR count). The monoisotopic (exact) mass is 244 g/mol. The molecule has 0 aliphatic carbocycles. The Balaban J connectivity index is 2.35. The number of nitrogens with zero attached hydrogens (tertiary/aromatic N) is 3. The number of pyridine rings is 1. The van der Waals surface area contributed by atoms with Gasteiger partial charge in [0.15, 0.2) is 0 Å². The molecule has 0 bridgehead atoms. The molecular weight excluding hydrogens is 224 g/mol. The molecule has 0 saturated carbocycles. The summed E-state index contributed by atoms with van der Waals surface area (Å²) in [4.78, 5) is 8.88. The lowest BCUT2D eigenvalue weighted by Gasteiger charge is -2.11. The average Bonchev–Trinajstić information content (AvgIpc) is 2.76. The fourth-order valence-corrected chi connectivity index (χ4v) is 2.15. The molecule has 1 unspecified atom stereocenters. The summed E-state index contributed by atoms with van der Waals surface area (Å²) < 4.78 is 2.05. The lowest BCUT2D eigenvalue weighted by atomic mass is 10.1. The van der Waals surface area contributed by atoms with E-state index in [1.54, 1.807) is 0 Å². The van der Waals surface area contributed by atoms with Crippen LogP contribution in [0.4, 0.5) is 0 Å². The molecule has 0 saturated heterocycles. The van der Waals surface area contributed by atoms with E-state index in [2.05, 4.69) is 29.9 Å². The number of aryl methyl sites for hydroxylation is 2. The molecular formula is C14H20N4. The second-order valence-electron chi connectivity index (χ2n) is 4.73. The van der Waals surface area contributed by atoms with Crippen LogP contribution < -0.4 is 5.73 Å². The van der Waals surface area contributed by atoms with Crippen LogP contribution in [0.15, 0.2) is 24.7 Å². The van der Waals surface area contributed by atoms with E-state index in [-0.39, 0.29) is 6.04 Å². The van der Waals surface area contributed by atoms with Gasteiger partial charge in [0.2, 0.25) is 0 Å². The van der Waals surface area contributed by atoms with Crippen molar-refractivity contribution in [3.05, 3.63) is 41.6 Å². The highest BCUT2D eigenvalue weighted by molar-refractivity contribution is 5.36. The Morgan fingerprint density at radius 2 is 2.17 bits per heavy atom. The lowest BCUT2D eigenvalue weighted by molar-refractivity contribution is 0.733. The molecule has 18 heavy (non-hydrogen) atoms. The van der Waals surface area contributed by atoms with Gasteiger partial charge in [-0.2, -0.15) is 0 Å². The summed E-state index contributed by atoms with van der Waals surface area (Å²) in [6.45, 7) is 6.18. The van der Waals surface area contributed by atoms with Crippen LogP contribution >= 0.6 is 0 Å². The molecule has 1 atom stereocenters. The van der Waals surface area contributed by atoms with Gasteiger partial charge in [-0.25, -0.2) is 9.97 Å². The van der Waals surface area contributed by atoms with Crippen molar-refractivity contribution in [3.63, 3.8) is 0 Å². The Morgan fingerprint density at radius 3 is 2.78 bits per heavy atom. The van der Waals surface area contributed by atoms with Gasteiger partial charge < -0.3 is 5.73 Å². The zero-order valence-electron chi connectivity index (χ0n) is 11.2. The number of imidazole rings is 1. The lowest BCUT2D eigenvalue weighted by Crippen LogP contribution is -2.18. The van der Waals surface area contributed by atoms with E-state index in [1.807, 2.05) is 30.1 Å². The topological polar surface area (TPSA) is 56.7 Å². The summed E-state index contributed by atoms with van der Waals surface area (Å²) in [7, 11) is 0. The van der Waals surface area contributed by atoms with Gasteiger partial charge in [-0.05, 0) is 31.4 Å². The quantitative estimate of drug-likeness (QED) is 0.895. The Labute approximate surface area is 108 Å². The summed E-state index contributed by atoms with van der Waals surface area (Å²) in [5.41, 5.74) is 8.15. The Bertz CT molecular complexity index is 528. The van der Waals surface area contributed by atoms with Gasteiger partial charge in [0.1, 0.15) is 11.6 Å². The highest BCUT2D eigenvalue weighted by atomic mass is 15.1. The number of rotatable bonds is 4. The van der Waals surface area contributed by atoms with Crippen LogP contribution in [-0.4, -0.2) is 20.6 Å². The van der Waals surface area contributed by atoms with Crippen molar-refractivity contribution in [2.45, 2.75) is 39.7 Å². The summed E-state index contributed by atoms with van der Waals surface area (Å²) in [5, 5.41) is 0. The van der Waals surface area contributed by atoms with E-state index in [1.165, 1.54) is 5.56 Å². The molecule has 0 fully saturated rings. The highest BCUT2D eigenvalue weighted by Gasteiger charge is 2.08. The van der Waals surface area contributed by atoms with Crippen molar-refractivity contribution in [2.24, 2.45) is 5.73 Å². The van der Waals surface area contributed by atoms with Crippen molar-refractivity contribution in [2.75, 3.05) is 0 Å². The minimum Gasteiger partial charge on any atom is -0.328 e. The molecule has 0 aliphatic rings. The summed E-state index contributed by atoms with van der Waals surface area (Å²) in [5.74, 6) is 1.99. The normalized spacial score (nSPS) is 12.7. The SMILES string of the molecule is CCc1nccn1-c1ncc(CC(C)N)cc1C. The predicted molar refractivity (Wildman–Crippen MR) is 72.8 cm³/mol. The maximum atomic E-state index is 5.81. The van der Waals surface area contributed by atoms with Gasteiger partial charge in [0, 0.05) is 31.1 Å². The molecule has 4 heteroatoms. The zero-order valence-corrected chi connectivity index (χ0v) is 11.2.